The van der Waals surface area contributed by atoms with E-state index in [2.05, 4.69) is 15.6 Å². The Bertz CT molecular complexity index is 709. The van der Waals surface area contributed by atoms with Crippen molar-refractivity contribution in [3.8, 4) is 11.5 Å². The van der Waals surface area contributed by atoms with Gasteiger partial charge < -0.3 is 20.1 Å². The highest BCUT2D eigenvalue weighted by molar-refractivity contribution is 7.92. The zero-order chi connectivity index (χ0) is 17.8. The molecule has 1 aromatic carbocycles. The van der Waals surface area contributed by atoms with Crippen LogP contribution in [0.25, 0.3) is 0 Å². The van der Waals surface area contributed by atoms with Crippen LogP contribution in [0.2, 0.25) is 0 Å². The average molecular weight is 355 g/mol. The first-order valence-electron chi connectivity index (χ1n) is 7.78. The first-order chi connectivity index (χ1) is 11.2. The molecule has 0 aliphatic carbocycles. The minimum absolute atomic E-state index is 0.0568. The van der Waals surface area contributed by atoms with Crippen LogP contribution in [-0.2, 0) is 16.4 Å². The van der Waals surface area contributed by atoms with Crippen LogP contribution in [0.5, 0.6) is 11.5 Å². The molecule has 0 spiro atoms. The summed E-state index contributed by atoms with van der Waals surface area (Å²) >= 11 is 0. The monoisotopic (exact) mass is 355 g/mol. The Hall–Kier alpha value is -1.96. The molecule has 1 aromatic rings. The van der Waals surface area contributed by atoms with Crippen molar-refractivity contribution >= 4 is 15.8 Å². The van der Waals surface area contributed by atoms with Gasteiger partial charge in [0.05, 0.1) is 10.5 Å². The first-order valence-corrected chi connectivity index (χ1v) is 9.43. The fourth-order valence-corrected chi connectivity index (χ4v) is 3.05. The van der Waals surface area contributed by atoms with Crippen molar-refractivity contribution in [3.63, 3.8) is 0 Å². The molecule has 0 fully saturated rings. The number of rotatable bonds is 5. The van der Waals surface area contributed by atoms with Gasteiger partial charge in [-0.2, -0.15) is 0 Å². The van der Waals surface area contributed by atoms with E-state index in [-0.39, 0.29) is 12.5 Å². The highest BCUT2D eigenvalue weighted by Gasteiger charge is 2.28. The molecule has 0 atom stereocenters. The number of fused-ring (bicyclic) bond motifs is 1. The summed E-state index contributed by atoms with van der Waals surface area (Å²) < 4.78 is 34.0. The van der Waals surface area contributed by atoms with Gasteiger partial charge in [-0.3, -0.25) is 4.99 Å². The average Bonchev–Trinajstić information content (AvgIpc) is 2.97. The normalized spacial score (nSPS) is 14.6. The summed E-state index contributed by atoms with van der Waals surface area (Å²) in [5, 5.41) is 6.17. The lowest BCUT2D eigenvalue weighted by molar-refractivity contribution is 0.174. The number of sulfone groups is 1. The molecular weight excluding hydrogens is 330 g/mol. The largest absolute Gasteiger partial charge is 0.454 e. The van der Waals surface area contributed by atoms with Gasteiger partial charge >= 0.3 is 0 Å². The van der Waals surface area contributed by atoms with Crippen molar-refractivity contribution in [1.29, 1.82) is 0 Å². The van der Waals surface area contributed by atoms with E-state index in [1.807, 2.05) is 18.2 Å². The molecule has 0 saturated carbocycles. The molecule has 0 amide bonds. The highest BCUT2D eigenvalue weighted by Crippen LogP contribution is 2.32. The molecule has 2 N–H and O–H groups in total. The van der Waals surface area contributed by atoms with E-state index in [9.17, 15) is 8.42 Å². The second-order valence-corrected chi connectivity index (χ2v) is 9.33. The third kappa shape index (κ3) is 4.53. The van der Waals surface area contributed by atoms with E-state index in [0.717, 1.165) is 17.1 Å². The lowest BCUT2D eigenvalue weighted by atomic mass is 10.2. The van der Waals surface area contributed by atoms with E-state index in [0.29, 0.717) is 19.0 Å². The molecule has 2 rings (SSSR count). The third-order valence-electron chi connectivity index (χ3n) is 3.72. The first kappa shape index (κ1) is 18.4. The summed E-state index contributed by atoms with van der Waals surface area (Å²) in [5.41, 5.74) is 1.02. The van der Waals surface area contributed by atoms with E-state index < -0.39 is 14.6 Å². The lowest BCUT2D eigenvalue weighted by Crippen LogP contribution is -2.41. The lowest BCUT2D eigenvalue weighted by Gasteiger charge is -2.19. The zero-order valence-corrected chi connectivity index (χ0v) is 15.4. The van der Waals surface area contributed by atoms with Crippen LogP contribution >= 0.6 is 0 Å². The summed E-state index contributed by atoms with van der Waals surface area (Å²) in [6.45, 7) is 6.21. The predicted molar refractivity (Wildman–Crippen MR) is 94.3 cm³/mol. The summed E-state index contributed by atoms with van der Waals surface area (Å²) in [6.07, 6.45) is 0. The predicted octanol–water partition coefficient (Wildman–Crippen LogP) is 1.29. The van der Waals surface area contributed by atoms with Crippen molar-refractivity contribution in [1.82, 2.24) is 10.6 Å². The van der Waals surface area contributed by atoms with Crippen molar-refractivity contribution in [2.75, 3.05) is 26.1 Å². The Morgan fingerprint density at radius 2 is 1.92 bits per heavy atom. The number of nitrogens with zero attached hydrogens (tertiary/aromatic N) is 1. The van der Waals surface area contributed by atoms with E-state index in [1.54, 1.807) is 27.8 Å². The number of guanidine groups is 1. The van der Waals surface area contributed by atoms with Crippen molar-refractivity contribution in [2.45, 2.75) is 32.1 Å². The topological polar surface area (TPSA) is 89.0 Å². The minimum Gasteiger partial charge on any atom is -0.454 e. The van der Waals surface area contributed by atoms with Crippen LogP contribution in [0, 0.1) is 0 Å². The molecule has 1 heterocycles. The summed E-state index contributed by atoms with van der Waals surface area (Å²) in [6, 6.07) is 5.72. The van der Waals surface area contributed by atoms with Crippen molar-refractivity contribution in [3.05, 3.63) is 23.8 Å². The zero-order valence-electron chi connectivity index (χ0n) is 14.5. The Labute approximate surface area is 143 Å². The maximum atomic E-state index is 12.1. The van der Waals surface area contributed by atoms with Gasteiger partial charge in [0, 0.05) is 20.1 Å². The van der Waals surface area contributed by atoms with Gasteiger partial charge in [-0.1, -0.05) is 6.07 Å². The van der Waals surface area contributed by atoms with Crippen molar-refractivity contribution < 1.29 is 17.9 Å². The molecule has 0 radical (unpaired) electrons. The molecule has 0 aromatic heterocycles. The van der Waals surface area contributed by atoms with Gasteiger partial charge in [-0.15, -0.1) is 0 Å². The fourth-order valence-electron chi connectivity index (χ4n) is 2.07. The second kappa shape index (κ2) is 7.29. The Balaban J connectivity index is 1.83. The molecule has 134 valence electrons. The summed E-state index contributed by atoms with van der Waals surface area (Å²) in [7, 11) is -1.51. The Morgan fingerprint density at radius 3 is 2.58 bits per heavy atom. The van der Waals surface area contributed by atoms with Crippen LogP contribution in [-0.4, -0.2) is 45.3 Å². The molecule has 1 aliphatic heterocycles. The van der Waals surface area contributed by atoms with Gasteiger partial charge in [0.1, 0.15) is 0 Å². The van der Waals surface area contributed by atoms with Gasteiger partial charge in [-0.05, 0) is 38.5 Å². The molecular formula is C16H25N3O4S. The van der Waals surface area contributed by atoms with Crippen LogP contribution in [0.4, 0.5) is 0 Å². The minimum atomic E-state index is -3.15. The Kier molecular flexibility index (Phi) is 5.58. The fraction of sp³-hybridized carbons (Fsp3) is 0.562. The van der Waals surface area contributed by atoms with Crippen LogP contribution in [0.1, 0.15) is 26.3 Å². The number of nitrogens with one attached hydrogen (secondary N) is 2. The number of aliphatic imine (C=N–C) groups is 1. The summed E-state index contributed by atoms with van der Waals surface area (Å²) in [4.78, 5) is 4.10. The molecule has 0 bridgehead atoms. The van der Waals surface area contributed by atoms with E-state index >= 15 is 0 Å². The van der Waals surface area contributed by atoms with Gasteiger partial charge in [0.25, 0.3) is 0 Å². The SMILES string of the molecule is CN=C(NCCS(=O)(=O)C(C)(C)C)NCc1ccc2c(c1)OCO2. The third-order valence-corrected chi connectivity index (χ3v) is 6.32. The standard InChI is InChI=1S/C16H25N3O4S/c1-16(2,3)24(20,21)8-7-18-15(17-4)19-10-12-5-6-13-14(9-12)23-11-22-13/h5-6,9H,7-8,10-11H2,1-4H3,(H2,17,18,19). The number of benzene rings is 1. The van der Waals surface area contributed by atoms with Crippen LogP contribution in [0.15, 0.2) is 23.2 Å². The molecule has 1 aliphatic rings. The second-order valence-electron chi connectivity index (χ2n) is 6.47. The maximum Gasteiger partial charge on any atom is 0.231 e. The van der Waals surface area contributed by atoms with Gasteiger partial charge in [0.15, 0.2) is 27.3 Å². The Morgan fingerprint density at radius 1 is 1.21 bits per heavy atom. The quantitative estimate of drug-likeness (QED) is 0.611. The van der Waals surface area contributed by atoms with Gasteiger partial charge in [-0.25, -0.2) is 8.42 Å². The molecule has 7 nitrogen and oxygen atoms in total. The number of ether oxygens (including phenoxy) is 2. The maximum absolute atomic E-state index is 12.1. The number of hydrogen-bond acceptors (Lipinski definition) is 5. The van der Waals surface area contributed by atoms with E-state index in [4.69, 9.17) is 9.47 Å². The molecule has 0 saturated heterocycles. The molecule has 8 heteroatoms. The molecule has 24 heavy (non-hydrogen) atoms. The summed E-state index contributed by atoms with van der Waals surface area (Å²) in [5.74, 6) is 2.08. The smallest absolute Gasteiger partial charge is 0.231 e. The van der Waals surface area contributed by atoms with Crippen LogP contribution in [0.3, 0.4) is 0 Å². The number of hydrogen-bond donors (Lipinski definition) is 2. The highest BCUT2D eigenvalue weighted by atomic mass is 32.2. The van der Waals surface area contributed by atoms with Crippen LogP contribution < -0.4 is 20.1 Å². The van der Waals surface area contributed by atoms with Gasteiger partial charge in [0.2, 0.25) is 6.79 Å². The van der Waals surface area contributed by atoms with Crippen molar-refractivity contribution in [2.24, 2.45) is 4.99 Å². The van der Waals surface area contributed by atoms with E-state index in [1.165, 1.54) is 0 Å². The molecule has 0 unspecified atom stereocenters.